The van der Waals surface area contributed by atoms with E-state index in [2.05, 4.69) is 25.5 Å². The van der Waals surface area contributed by atoms with Crippen LogP contribution in [0.15, 0.2) is 48.8 Å². The van der Waals surface area contributed by atoms with Crippen LogP contribution in [0.25, 0.3) is 11.5 Å². The predicted octanol–water partition coefficient (Wildman–Crippen LogP) is 0.415. The molecule has 0 unspecified atom stereocenters. The third-order valence-electron chi connectivity index (χ3n) is 3.79. The van der Waals surface area contributed by atoms with Crippen LogP contribution in [0, 0.1) is 0 Å². The van der Waals surface area contributed by atoms with Crippen molar-refractivity contribution in [3.05, 3.63) is 59.9 Å². The summed E-state index contributed by atoms with van der Waals surface area (Å²) in [6, 6.07) is 9.13. The molecule has 0 radical (unpaired) electrons. The first-order valence-electron chi connectivity index (χ1n) is 8.12. The second kappa shape index (κ2) is 8.22. The molecule has 0 aliphatic rings. The van der Waals surface area contributed by atoms with Gasteiger partial charge < -0.3 is 20.2 Å². The van der Waals surface area contributed by atoms with E-state index >= 15 is 0 Å². The molecule has 4 N–H and O–H groups in total. The van der Waals surface area contributed by atoms with E-state index in [4.69, 9.17) is 9.79 Å². The molecule has 0 saturated heterocycles. The van der Waals surface area contributed by atoms with E-state index in [1.165, 1.54) is 24.5 Å². The number of carbonyl (C=O) groups excluding carboxylic acids is 1. The van der Waals surface area contributed by atoms with Crippen LogP contribution < -0.4 is 10.6 Å². The van der Waals surface area contributed by atoms with Crippen LogP contribution in [0.5, 0.6) is 5.88 Å². The predicted molar refractivity (Wildman–Crippen MR) is 98.9 cm³/mol. The van der Waals surface area contributed by atoms with Gasteiger partial charge in [0.25, 0.3) is 5.91 Å². The van der Waals surface area contributed by atoms with Gasteiger partial charge in [0.1, 0.15) is 11.3 Å². The molecule has 0 atom stereocenters. The molecule has 2 heterocycles. The Morgan fingerprint density at radius 2 is 1.89 bits per heavy atom. The fourth-order valence-corrected chi connectivity index (χ4v) is 2.89. The van der Waals surface area contributed by atoms with Crippen molar-refractivity contribution in [2.75, 3.05) is 6.54 Å². The van der Waals surface area contributed by atoms with E-state index in [-0.39, 0.29) is 23.2 Å². The number of hydrogen-bond acceptors (Lipinski definition) is 7. The zero-order valence-electron chi connectivity index (χ0n) is 14.4. The van der Waals surface area contributed by atoms with E-state index in [0.717, 1.165) is 5.56 Å². The number of amides is 1. The summed E-state index contributed by atoms with van der Waals surface area (Å²) in [5, 5.41) is 20.1. The molecule has 2 aromatic heterocycles. The van der Waals surface area contributed by atoms with E-state index in [1.54, 1.807) is 24.3 Å². The summed E-state index contributed by atoms with van der Waals surface area (Å²) < 4.78 is 11.1. The van der Waals surface area contributed by atoms with Crippen molar-refractivity contribution in [3.63, 3.8) is 0 Å². The Labute approximate surface area is 159 Å². The van der Waals surface area contributed by atoms with Gasteiger partial charge in [-0.1, -0.05) is 12.1 Å². The largest absolute Gasteiger partial charge is 0.493 e. The molecular formula is C17H16N5O5P. The number of nitrogens with zero attached hydrogens (tertiary/aromatic N) is 4. The molecule has 1 aromatic carbocycles. The van der Waals surface area contributed by atoms with Gasteiger partial charge >= 0.3 is 7.60 Å². The van der Waals surface area contributed by atoms with Crippen molar-refractivity contribution < 1.29 is 24.3 Å². The van der Waals surface area contributed by atoms with Crippen LogP contribution in [0.2, 0.25) is 0 Å². The molecule has 0 saturated carbocycles. The summed E-state index contributed by atoms with van der Waals surface area (Å²) in [7, 11) is -4.27. The smallest absolute Gasteiger partial charge is 0.356 e. The van der Waals surface area contributed by atoms with Crippen LogP contribution >= 0.6 is 7.60 Å². The molecule has 144 valence electrons. The normalized spacial score (nSPS) is 11.2. The highest BCUT2D eigenvalue weighted by molar-refractivity contribution is 7.60. The van der Waals surface area contributed by atoms with Crippen molar-refractivity contribution in [2.45, 2.75) is 6.42 Å². The van der Waals surface area contributed by atoms with Crippen molar-refractivity contribution in [1.82, 2.24) is 25.5 Å². The average molecular weight is 401 g/mol. The Bertz CT molecular complexity index is 1020. The molecule has 0 aliphatic heterocycles. The summed E-state index contributed by atoms with van der Waals surface area (Å²) in [5.41, 5.74) is 1.07. The first-order chi connectivity index (χ1) is 13.3. The lowest BCUT2D eigenvalue weighted by Crippen LogP contribution is -2.26. The Morgan fingerprint density at radius 1 is 1.14 bits per heavy atom. The molecule has 11 heteroatoms. The zero-order chi connectivity index (χ0) is 20.1. The van der Waals surface area contributed by atoms with Gasteiger partial charge in [-0.3, -0.25) is 9.36 Å². The Hall–Kier alpha value is -3.20. The summed E-state index contributed by atoms with van der Waals surface area (Å²) in [5.74, 6) is -0.874. The molecule has 28 heavy (non-hydrogen) atoms. The maximum absolute atomic E-state index is 12.2. The van der Waals surface area contributed by atoms with Crippen LogP contribution in [0.3, 0.4) is 0 Å². The molecule has 3 aromatic rings. The van der Waals surface area contributed by atoms with Crippen molar-refractivity contribution in [1.29, 1.82) is 0 Å². The van der Waals surface area contributed by atoms with Crippen molar-refractivity contribution in [2.24, 2.45) is 0 Å². The lowest BCUT2D eigenvalue weighted by atomic mass is 10.1. The standard InChI is InChI=1S/C17H16N5O5P/c23-16(18-9-7-11-3-5-12(6-4-11)28(25,26)27)13-10-19-15(21-17(13)24)14-2-1-8-20-22-14/h1-6,8,10H,7,9H2,(H,18,23)(H,19,21,24)(H2,25,26,27). The Morgan fingerprint density at radius 3 is 2.50 bits per heavy atom. The number of benzene rings is 1. The number of nitrogens with one attached hydrogen (secondary N) is 1. The number of carbonyl (C=O) groups is 1. The van der Waals surface area contributed by atoms with Crippen LogP contribution in [-0.2, 0) is 11.0 Å². The Kier molecular flexibility index (Phi) is 5.74. The molecule has 10 nitrogen and oxygen atoms in total. The molecule has 0 fully saturated rings. The summed E-state index contributed by atoms with van der Waals surface area (Å²) in [6.45, 7) is 0.249. The van der Waals surface area contributed by atoms with Crippen LogP contribution in [0.4, 0.5) is 0 Å². The SMILES string of the molecule is O=C(NCCc1ccc(P(=O)(O)O)cc1)c1cnc(-c2cccnn2)nc1O. The summed E-state index contributed by atoms with van der Waals surface area (Å²) in [4.78, 5) is 38.3. The first kappa shape index (κ1) is 19.6. The van der Waals surface area contributed by atoms with Crippen LogP contribution in [-0.4, -0.2) is 47.5 Å². The van der Waals surface area contributed by atoms with E-state index < -0.39 is 19.4 Å². The Balaban J connectivity index is 1.60. The van der Waals surface area contributed by atoms with Gasteiger partial charge in [0.2, 0.25) is 5.88 Å². The first-order valence-corrected chi connectivity index (χ1v) is 9.73. The number of aromatic hydroxyl groups is 1. The molecule has 3 rings (SSSR count). The van der Waals surface area contributed by atoms with Gasteiger partial charge in [0.15, 0.2) is 5.82 Å². The van der Waals surface area contributed by atoms with Gasteiger partial charge in [-0.25, -0.2) is 4.98 Å². The highest BCUT2D eigenvalue weighted by atomic mass is 31.2. The fraction of sp³-hybridized carbons (Fsp3) is 0.118. The minimum absolute atomic E-state index is 0.0643. The molecule has 0 bridgehead atoms. The fourth-order valence-electron chi connectivity index (χ4n) is 2.35. The summed E-state index contributed by atoms with van der Waals surface area (Å²) in [6.07, 6.45) is 3.13. The third kappa shape index (κ3) is 4.74. The van der Waals surface area contributed by atoms with Gasteiger partial charge in [-0.15, -0.1) is 5.10 Å². The van der Waals surface area contributed by atoms with Crippen molar-refractivity contribution in [3.8, 4) is 17.4 Å². The minimum Gasteiger partial charge on any atom is -0.493 e. The number of rotatable bonds is 6. The lowest BCUT2D eigenvalue weighted by Gasteiger charge is -2.08. The van der Waals surface area contributed by atoms with Crippen molar-refractivity contribution >= 4 is 18.8 Å². The van der Waals surface area contributed by atoms with E-state index in [0.29, 0.717) is 12.1 Å². The molecular weight excluding hydrogens is 385 g/mol. The third-order valence-corrected chi connectivity index (χ3v) is 4.76. The highest BCUT2D eigenvalue weighted by Gasteiger charge is 2.17. The van der Waals surface area contributed by atoms with Gasteiger partial charge in [-0.2, -0.15) is 10.1 Å². The van der Waals surface area contributed by atoms with Gasteiger partial charge in [0, 0.05) is 18.9 Å². The average Bonchev–Trinajstić information content (AvgIpc) is 2.68. The second-order valence-electron chi connectivity index (χ2n) is 5.76. The quantitative estimate of drug-likeness (QED) is 0.429. The maximum atomic E-state index is 12.2. The molecule has 0 spiro atoms. The topological polar surface area (TPSA) is 158 Å². The number of hydrogen-bond donors (Lipinski definition) is 4. The minimum atomic E-state index is -4.27. The number of aromatic nitrogens is 4. The highest BCUT2D eigenvalue weighted by Crippen LogP contribution is 2.32. The summed E-state index contributed by atoms with van der Waals surface area (Å²) >= 11 is 0. The van der Waals surface area contributed by atoms with Gasteiger partial charge in [0.05, 0.1) is 5.30 Å². The van der Waals surface area contributed by atoms with Gasteiger partial charge in [-0.05, 0) is 36.2 Å². The second-order valence-corrected chi connectivity index (χ2v) is 7.36. The lowest BCUT2D eigenvalue weighted by molar-refractivity contribution is 0.0950. The van der Waals surface area contributed by atoms with Crippen LogP contribution in [0.1, 0.15) is 15.9 Å². The van der Waals surface area contributed by atoms with E-state index in [1.807, 2.05) is 0 Å². The molecule has 0 aliphatic carbocycles. The molecule has 1 amide bonds. The van der Waals surface area contributed by atoms with E-state index in [9.17, 15) is 14.5 Å². The zero-order valence-corrected chi connectivity index (χ0v) is 15.3. The maximum Gasteiger partial charge on any atom is 0.356 e. The monoisotopic (exact) mass is 401 g/mol.